The highest BCUT2D eigenvalue weighted by atomic mass is 32.1. The quantitative estimate of drug-likeness (QED) is 0.936. The number of nitrogens with one attached hydrogen (secondary N) is 1. The van der Waals surface area contributed by atoms with Crippen LogP contribution >= 0.6 is 11.3 Å². The lowest BCUT2D eigenvalue weighted by Crippen LogP contribution is -2.31. The fourth-order valence-corrected chi connectivity index (χ4v) is 3.80. The van der Waals surface area contributed by atoms with Gasteiger partial charge in [0.05, 0.1) is 0 Å². The number of anilines is 2. The Labute approximate surface area is 130 Å². The van der Waals surface area contributed by atoms with Gasteiger partial charge in [-0.2, -0.15) is 0 Å². The topological polar surface area (TPSA) is 41.1 Å². The smallest absolute Gasteiger partial charge is 0.137 e. The number of aromatic nitrogens is 2. The number of thiophene rings is 1. The Morgan fingerprint density at radius 1 is 1.38 bits per heavy atom. The van der Waals surface area contributed by atoms with E-state index in [1.54, 1.807) is 6.33 Å². The molecule has 0 unspecified atom stereocenters. The maximum absolute atomic E-state index is 4.60. The fourth-order valence-electron chi connectivity index (χ4n) is 2.91. The molecular formula is C16H22N4S. The molecule has 5 heteroatoms. The van der Waals surface area contributed by atoms with Crippen molar-refractivity contribution >= 4 is 23.0 Å². The summed E-state index contributed by atoms with van der Waals surface area (Å²) in [5.41, 5.74) is 2.68. The van der Waals surface area contributed by atoms with Crippen LogP contribution in [-0.2, 0) is 13.0 Å². The molecule has 0 bridgehead atoms. The van der Waals surface area contributed by atoms with Crippen molar-refractivity contribution in [2.75, 3.05) is 23.3 Å². The number of hydrogen-bond donors (Lipinski definition) is 1. The van der Waals surface area contributed by atoms with Crippen molar-refractivity contribution in [2.24, 2.45) is 0 Å². The first-order valence-electron chi connectivity index (χ1n) is 7.59. The summed E-state index contributed by atoms with van der Waals surface area (Å²) in [5, 5.41) is 5.57. The van der Waals surface area contributed by atoms with Crippen molar-refractivity contribution < 1.29 is 0 Å². The summed E-state index contributed by atoms with van der Waals surface area (Å²) in [6.45, 7) is 9.40. The lowest BCUT2D eigenvalue weighted by molar-refractivity contribution is 0.713. The van der Waals surface area contributed by atoms with Gasteiger partial charge in [-0.1, -0.05) is 13.8 Å². The Bertz CT molecular complexity index is 620. The molecule has 0 spiro atoms. The maximum Gasteiger partial charge on any atom is 0.137 e. The molecule has 1 N–H and O–H groups in total. The van der Waals surface area contributed by atoms with Gasteiger partial charge in [0.15, 0.2) is 0 Å². The summed E-state index contributed by atoms with van der Waals surface area (Å²) in [4.78, 5) is 13.0. The second-order valence-electron chi connectivity index (χ2n) is 5.69. The molecule has 0 saturated heterocycles. The molecule has 2 aromatic heterocycles. The van der Waals surface area contributed by atoms with E-state index in [-0.39, 0.29) is 0 Å². The summed E-state index contributed by atoms with van der Waals surface area (Å²) in [6.07, 6.45) is 2.80. The number of nitrogens with zero attached hydrogens (tertiary/aromatic N) is 3. The van der Waals surface area contributed by atoms with Crippen molar-refractivity contribution in [2.45, 2.75) is 39.7 Å². The second-order valence-corrected chi connectivity index (χ2v) is 6.69. The SMILES string of the molecule is CCNc1ncnc(N2CCc3sccc3C2)c1C(C)C. The fraction of sp³-hybridized carbons (Fsp3) is 0.500. The van der Waals surface area contributed by atoms with E-state index in [9.17, 15) is 0 Å². The highest BCUT2D eigenvalue weighted by molar-refractivity contribution is 7.10. The standard InChI is InChI=1S/C16H22N4S/c1-4-17-15-14(11(2)3)16(19-10-18-15)20-7-5-13-12(9-20)6-8-21-13/h6,8,10-11H,4-5,7,9H2,1-3H3,(H,17,18,19). The minimum Gasteiger partial charge on any atom is -0.370 e. The van der Waals surface area contributed by atoms with Gasteiger partial charge in [-0.3, -0.25) is 0 Å². The van der Waals surface area contributed by atoms with Crippen molar-refractivity contribution in [1.29, 1.82) is 0 Å². The Kier molecular flexibility index (Phi) is 4.10. The summed E-state index contributed by atoms with van der Waals surface area (Å²) in [5.74, 6) is 2.47. The van der Waals surface area contributed by atoms with E-state index in [0.29, 0.717) is 5.92 Å². The molecule has 0 aliphatic carbocycles. The van der Waals surface area contributed by atoms with Crippen LogP contribution in [0.2, 0.25) is 0 Å². The zero-order valence-corrected chi connectivity index (χ0v) is 13.7. The molecule has 0 amide bonds. The predicted octanol–water partition coefficient (Wildman–Crippen LogP) is 3.66. The average Bonchev–Trinajstić information content (AvgIpc) is 2.94. The van der Waals surface area contributed by atoms with Crippen LogP contribution in [0.1, 0.15) is 42.7 Å². The van der Waals surface area contributed by atoms with E-state index in [0.717, 1.165) is 37.7 Å². The van der Waals surface area contributed by atoms with Crippen LogP contribution < -0.4 is 10.2 Å². The van der Waals surface area contributed by atoms with E-state index >= 15 is 0 Å². The summed E-state index contributed by atoms with van der Waals surface area (Å²) >= 11 is 1.87. The van der Waals surface area contributed by atoms with Crippen LogP contribution in [0.15, 0.2) is 17.8 Å². The van der Waals surface area contributed by atoms with E-state index in [1.807, 2.05) is 11.3 Å². The van der Waals surface area contributed by atoms with Gasteiger partial charge in [-0.05, 0) is 36.3 Å². The third-order valence-electron chi connectivity index (χ3n) is 3.89. The third-order valence-corrected chi connectivity index (χ3v) is 4.91. The minimum absolute atomic E-state index is 0.402. The zero-order valence-electron chi connectivity index (χ0n) is 12.9. The highest BCUT2D eigenvalue weighted by Crippen LogP contribution is 2.34. The van der Waals surface area contributed by atoms with Gasteiger partial charge >= 0.3 is 0 Å². The van der Waals surface area contributed by atoms with Crippen molar-refractivity contribution in [3.05, 3.63) is 33.8 Å². The van der Waals surface area contributed by atoms with Gasteiger partial charge in [-0.15, -0.1) is 11.3 Å². The first kappa shape index (κ1) is 14.3. The van der Waals surface area contributed by atoms with Crippen LogP contribution in [-0.4, -0.2) is 23.1 Å². The molecule has 0 fully saturated rings. The average molecular weight is 302 g/mol. The molecule has 0 aromatic carbocycles. The van der Waals surface area contributed by atoms with Crippen LogP contribution in [0.3, 0.4) is 0 Å². The van der Waals surface area contributed by atoms with Crippen molar-refractivity contribution in [3.8, 4) is 0 Å². The summed E-state index contributed by atoms with van der Waals surface area (Å²) < 4.78 is 0. The van der Waals surface area contributed by atoms with Crippen LogP contribution in [0.25, 0.3) is 0 Å². The first-order valence-corrected chi connectivity index (χ1v) is 8.47. The highest BCUT2D eigenvalue weighted by Gasteiger charge is 2.23. The molecule has 0 saturated carbocycles. The van der Waals surface area contributed by atoms with Gasteiger partial charge in [-0.25, -0.2) is 9.97 Å². The van der Waals surface area contributed by atoms with Gasteiger partial charge in [0.1, 0.15) is 18.0 Å². The Balaban J connectivity index is 1.97. The summed E-state index contributed by atoms with van der Waals surface area (Å²) in [6, 6.07) is 2.24. The minimum atomic E-state index is 0.402. The van der Waals surface area contributed by atoms with Gasteiger partial charge in [0.2, 0.25) is 0 Å². The van der Waals surface area contributed by atoms with Gasteiger partial charge in [0, 0.05) is 30.1 Å². The molecular weight excluding hydrogens is 280 g/mol. The van der Waals surface area contributed by atoms with Crippen LogP contribution in [0.5, 0.6) is 0 Å². The lowest BCUT2D eigenvalue weighted by atomic mass is 10.0. The predicted molar refractivity (Wildman–Crippen MR) is 89.4 cm³/mol. The largest absolute Gasteiger partial charge is 0.370 e. The third kappa shape index (κ3) is 2.75. The molecule has 0 atom stereocenters. The Morgan fingerprint density at radius 3 is 3.00 bits per heavy atom. The number of rotatable bonds is 4. The normalized spacial score (nSPS) is 14.4. The van der Waals surface area contributed by atoms with E-state index in [2.05, 4.69) is 52.4 Å². The van der Waals surface area contributed by atoms with E-state index in [1.165, 1.54) is 16.0 Å². The first-order chi connectivity index (χ1) is 10.2. The van der Waals surface area contributed by atoms with Crippen LogP contribution in [0, 0.1) is 0 Å². The molecule has 112 valence electrons. The Morgan fingerprint density at radius 2 is 2.24 bits per heavy atom. The second kappa shape index (κ2) is 6.02. The number of hydrogen-bond acceptors (Lipinski definition) is 5. The summed E-state index contributed by atoms with van der Waals surface area (Å²) in [7, 11) is 0. The maximum atomic E-state index is 4.60. The van der Waals surface area contributed by atoms with Gasteiger partial charge in [0.25, 0.3) is 0 Å². The molecule has 3 rings (SSSR count). The van der Waals surface area contributed by atoms with E-state index in [4.69, 9.17) is 0 Å². The van der Waals surface area contributed by atoms with Gasteiger partial charge < -0.3 is 10.2 Å². The molecule has 4 nitrogen and oxygen atoms in total. The number of fused-ring (bicyclic) bond motifs is 1. The van der Waals surface area contributed by atoms with E-state index < -0.39 is 0 Å². The molecule has 21 heavy (non-hydrogen) atoms. The van der Waals surface area contributed by atoms with Crippen molar-refractivity contribution in [1.82, 2.24) is 9.97 Å². The molecule has 2 aromatic rings. The lowest BCUT2D eigenvalue weighted by Gasteiger charge is -2.31. The van der Waals surface area contributed by atoms with Crippen molar-refractivity contribution in [3.63, 3.8) is 0 Å². The molecule has 1 aliphatic rings. The zero-order chi connectivity index (χ0) is 14.8. The monoisotopic (exact) mass is 302 g/mol. The molecule has 1 aliphatic heterocycles. The molecule has 3 heterocycles. The van der Waals surface area contributed by atoms with Crippen LogP contribution in [0.4, 0.5) is 11.6 Å². The molecule has 0 radical (unpaired) electrons. The Hall–Kier alpha value is -1.62.